The van der Waals surface area contributed by atoms with E-state index in [2.05, 4.69) is 0 Å². The Morgan fingerprint density at radius 2 is 1.69 bits per heavy atom. The summed E-state index contributed by atoms with van der Waals surface area (Å²) in [6, 6.07) is 6.26. The summed E-state index contributed by atoms with van der Waals surface area (Å²) >= 11 is 0. The van der Waals surface area contributed by atoms with E-state index in [9.17, 15) is 23.6 Å². The van der Waals surface area contributed by atoms with Crippen molar-refractivity contribution in [3.63, 3.8) is 0 Å². The number of H-pyrrole nitrogens is 1. The second-order valence-corrected chi connectivity index (χ2v) is 7.18. The van der Waals surface area contributed by atoms with Crippen molar-refractivity contribution in [1.29, 1.82) is 0 Å². The normalized spacial score (nSPS) is 28.9. The zero-order valence-electron chi connectivity index (χ0n) is 16.4. The fourth-order valence-electron chi connectivity index (χ4n) is 3.86. The number of benzene rings is 1. The van der Waals surface area contributed by atoms with Gasteiger partial charge in [-0.15, -0.1) is 5.06 Å². The number of methoxy groups -OCH3 is 1. The van der Waals surface area contributed by atoms with Crippen LogP contribution in [-0.4, -0.2) is 64.9 Å². The third kappa shape index (κ3) is 3.18. The van der Waals surface area contributed by atoms with Crippen LogP contribution >= 0.6 is 0 Å². The zero-order valence-corrected chi connectivity index (χ0v) is 16.4. The predicted molar refractivity (Wildman–Crippen MR) is 98.6 cm³/mol. The van der Waals surface area contributed by atoms with Crippen molar-refractivity contribution in [2.75, 3.05) is 13.7 Å². The fourth-order valence-corrected chi connectivity index (χ4v) is 3.86. The highest BCUT2D eigenvalue weighted by Crippen LogP contribution is 2.39. The molecular weight excluding hydrogens is 433 g/mol. The Morgan fingerprint density at radius 1 is 1.03 bits per heavy atom. The number of amides is 2. The minimum atomic E-state index is -1.20. The van der Waals surface area contributed by atoms with Crippen LogP contribution in [0.15, 0.2) is 40.1 Å². The molecule has 3 aliphatic rings. The van der Waals surface area contributed by atoms with Crippen molar-refractivity contribution < 1.29 is 37.8 Å². The van der Waals surface area contributed by atoms with Gasteiger partial charge in [0, 0.05) is 7.11 Å². The van der Waals surface area contributed by atoms with E-state index in [4.69, 9.17) is 23.8 Å². The highest BCUT2D eigenvalue weighted by Gasteiger charge is 2.54. The van der Waals surface area contributed by atoms with Gasteiger partial charge in [-0.2, -0.15) is 4.39 Å². The number of carbonyl (C=O) groups is 2. The number of nitrogens with zero attached hydrogens (tertiary/aromatic N) is 2. The topological polar surface area (TPSA) is 138 Å². The van der Waals surface area contributed by atoms with Crippen LogP contribution in [0, 0.1) is 5.82 Å². The number of fused-ring (bicyclic) bond motifs is 2. The monoisotopic (exact) mass is 449 g/mol. The lowest BCUT2D eigenvalue weighted by atomic mass is 10.1. The largest absolute Gasteiger partial charge is 0.346 e. The number of hydrogen-bond donors (Lipinski definition) is 1. The summed E-state index contributed by atoms with van der Waals surface area (Å²) in [7, 11) is 1.33. The Balaban J connectivity index is 1.38. The quantitative estimate of drug-likeness (QED) is 0.600. The molecule has 12 nitrogen and oxygen atoms in total. The maximum atomic E-state index is 13.8. The van der Waals surface area contributed by atoms with Gasteiger partial charge in [-0.3, -0.25) is 28.8 Å². The average molecular weight is 449 g/mol. The van der Waals surface area contributed by atoms with Crippen molar-refractivity contribution >= 4 is 11.8 Å². The molecule has 2 saturated heterocycles. The number of nitrogens with one attached hydrogen (secondary N) is 1. The molecule has 3 aliphatic heterocycles. The highest BCUT2D eigenvalue weighted by molar-refractivity contribution is 6.20. The molecule has 0 saturated carbocycles. The Bertz CT molecular complexity index is 1180. The number of ether oxygens (including phenoxy) is 4. The molecule has 168 valence electrons. The summed E-state index contributed by atoms with van der Waals surface area (Å²) in [4.78, 5) is 55.8. The molecule has 1 unspecified atom stereocenters. The Morgan fingerprint density at radius 3 is 2.34 bits per heavy atom. The van der Waals surface area contributed by atoms with Crippen LogP contribution in [0.25, 0.3) is 0 Å². The summed E-state index contributed by atoms with van der Waals surface area (Å²) in [6.45, 7) is -1.43. The summed E-state index contributed by atoms with van der Waals surface area (Å²) in [5.74, 6) is -2.46. The number of hydrogen-bond acceptors (Lipinski definition) is 9. The summed E-state index contributed by atoms with van der Waals surface area (Å²) in [6.07, 6.45) is -3.22. The number of rotatable bonds is 5. The van der Waals surface area contributed by atoms with E-state index in [0.29, 0.717) is 11.3 Å². The molecule has 5 rings (SSSR count). The number of hydroxylamine groups is 2. The summed E-state index contributed by atoms with van der Waals surface area (Å²) in [5.41, 5.74) is -1.69. The first kappa shape index (κ1) is 20.7. The lowest BCUT2D eigenvalue weighted by Crippen LogP contribution is -2.38. The Hall–Kier alpha value is -3.23. The van der Waals surface area contributed by atoms with Crippen molar-refractivity contribution in [1.82, 2.24) is 14.6 Å². The molecule has 1 N–H and O–H groups in total. The van der Waals surface area contributed by atoms with Gasteiger partial charge >= 0.3 is 5.69 Å². The van der Waals surface area contributed by atoms with Crippen LogP contribution < -0.4 is 11.2 Å². The lowest BCUT2D eigenvalue weighted by Gasteiger charge is -2.22. The van der Waals surface area contributed by atoms with Gasteiger partial charge in [0.1, 0.15) is 24.9 Å². The Labute approximate surface area is 177 Å². The second kappa shape index (κ2) is 7.72. The fraction of sp³-hybridized carbons (Fsp3) is 0.368. The molecule has 32 heavy (non-hydrogen) atoms. The van der Waals surface area contributed by atoms with Crippen LogP contribution in [0.2, 0.25) is 0 Å². The lowest BCUT2D eigenvalue weighted by molar-refractivity contribution is -0.260. The number of aromatic amines is 1. The maximum absolute atomic E-state index is 13.8. The van der Waals surface area contributed by atoms with Gasteiger partial charge < -0.3 is 18.9 Å². The van der Waals surface area contributed by atoms with Crippen LogP contribution in [-0.2, 0) is 23.8 Å². The van der Waals surface area contributed by atoms with E-state index in [-0.39, 0.29) is 17.7 Å². The van der Waals surface area contributed by atoms with Gasteiger partial charge in [0.2, 0.25) is 5.82 Å². The van der Waals surface area contributed by atoms with E-state index < -0.39 is 59.9 Å². The molecule has 2 fully saturated rings. The molecular formula is C19H16FN3O9. The molecule has 0 aliphatic carbocycles. The summed E-state index contributed by atoms with van der Waals surface area (Å²) in [5, 5.41) is 0.617. The molecule has 0 radical (unpaired) electrons. The molecule has 1 aromatic heterocycles. The number of imide groups is 1. The average Bonchev–Trinajstić information content (AvgIpc) is 3.42. The van der Waals surface area contributed by atoms with E-state index in [1.165, 1.54) is 19.2 Å². The minimum absolute atomic E-state index is 0.204. The second-order valence-electron chi connectivity index (χ2n) is 7.18. The third-order valence-corrected chi connectivity index (χ3v) is 5.34. The minimum Gasteiger partial charge on any atom is -0.346 e. The molecule has 2 aromatic rings. The number of carbonyl (C=O) groups excluding carboxylic acids is 2. The zero-order chi connectivity index (χ0) is 22.6. The standard InChI is InChI=1S/C19H16FN3O9/c1-28-19-31-12-11(7-29-23-15(25)8-4-2-3-5-9(8)16(23)26)30-17(13(12)32-19)22-6-10(20)14(24)21-18(22)27/h2-6,11-13,17,19H,7H2,1H3,(H,21,24,27)/t11-,12-,13-,17-,19?/m1/s1. The first-order chi connectivity index (χ1) is 15.4. The number of halogens is 1. The summed E-state index contributed by atoms with van der Waals surface area (Å²) < 4.78 is 36.6. The van der Waals surface area contributed by atoms with Crippen molar-refractivity contribution in [2.24, 2.45) is 0 Å². The van der Waals surface area contributed by atoms with Crippen molar-refractivity contribution in [3.05, 3.63) is 68.2 Å². The smallest absolute Gasteiger partial charge is 0.330 e. The van der Waals surface area contributed by atoms with E-state index >= 15 is 0 Å². The van der Waals surface area contributed by atoms with Crippen molar-refractivity contribution in [2.45, 2.75) is 31.0 Å². The molecule has 1 aromatic carbocycles. The van der Waals surface area contributed by atoms with Crippen LogP contribution in [0.5, 0.6) is 0 Å². The van der Waals surface area contributed by atoms with Crippen LogP contribution in [0.1, 0.15) is 26.9 Å². The molecule has 13 heteroatoms. The maximum Gasteiger partial charge on any atom is 0.330 e. The molecule has 4 heterocycles. The Kier molecular flexibility index (Phi) is 4.98. The van der Waals surface area contributed by atoms with Crippen molar-refractivity contribution in [3.8, 4) is 0 Å². The molecule has 0 bridgehead atoms. The van der Waals surface area contributed by atoms with Gasteiger partial charge in [0.25, 0.3) is 23.8 Å². The number of aromatic nitrogens is 2. The van der Waals surface area contributed by atoms with Gasteiger partial charge in [-0.05, 0) is 12.1 Å². The van der Waals surface area contributed by atoms with Gasteiger partial charge in [-0.25, -0.2) is 4.79 Å². The van der Waals surface area contributed by atoms with Gasteiger partial charge in [0.15, 0.2) is 6.23 Å². The van der Waals surface area contributed by atoms with E-state index in [1.54, 1.807) is 12.1 Å². The predicted octanol–water partition coefficient (Wildman–Crippen LogP) is -0.485. The third-order valence-electron chi connectivity index (χ3n) is 5.34. The van der Waals surface area contributed by atoms with E-state index in [1.807, 2.05) is 4.98 Å². The van der Waals surface area contributed by atoms with E-state index in [0.717, 1.165) is 4.57 Å². The molecule has 0 spiro atoms. The SMILES string of the molecule is COC1O[C@@H]2[C@H](O1)[C@@H](CON1C(=O)c3ccccc3C1=O)O[C@H]2n1cc(F)c(=O)[nH]c1=O. The first-order valence-electron chi connectivity index (χ1n) is 9.50. The molecule has 2 amide bonds. The molecule has 5 atom stereocenters. The van der Waals surface area contributed by atoms with Gasteiger partial charge in [-0.1, -0.05) is 12.1 Å². The van der Waals surface area contributed by atoms with Gasteiger partial charge in [0.05, 0.1) is 17.3 Å². The first-order valence-corrected chi connectivity index (χ1v) is 9.50. The highest BCUT2D eigenvalue weighted by atomic mass is 19.1. The van der Waals surface area contributed by atoms with Crippen LogP contribution in [0.4, 0.5) is 4.39 Å². The van der Waals surface area contributed by atoms with Crippen LogP contribution in [0.3, 0.4) is 0 Å².